The smallest absolute Gasteiger partial charge is 0.277 e. The molecule has 76 valence electrons. The van der Waals surface area contributed by atoms with E-state index in [0.29, 0.717) is 10.7 Å². The monoisotopic (exact) mass is 222 g/mol. The molecule has 0 radical (unpaired) electrons. The molecule has 0 saturated carbocycles. The molecule has 0 fully saturated rings. The first-order valence-electron chi connectivity index (χ1n) is 4.21. The Morgan fingerprint density at radius 3 is 2.87 bits per heavy atom. The Kier molecular flexibility index (Phi) is 2.69. The predicted octanol–water partition coefficient (Wildman–Crippen LogP) is 2.58. The summed E-state index contributed by atoms with van der Waals surface area (Å²) < 4.78 is 4.70. The molecule has 1 aromatic carbocycles. The van der Waals surface area contributed by atoms with E-state index in [9.17, 15) is 4.79 Å². The third-order valence-electron chi connectivity index (χ3n) is 1.79. The maximum Gasteiger partial charge on any atom is 0.277 e. The Hall–Kier alpha value is -1.81. The Morgan fingerprint density at radius 2 is 2.20 bits per heavy atom. The van der Waals surface area contributed by atoms with E-state index >= 15 is 0 Å². The fourth-order valence-electron chi connectivity index (χ4n) is 1.07. The third kappa shape index (κ3) is 2.16. The van der Waals surface area contributed by atoms with E-state index in [4.69, 9.17) is 16.0 Å². The molecule has 2 aromatic rings. The van der Waals surface area contributed by atoms with E-state index in [1.807, 2.05) is 0 Å². The van der Waals surface area contributed by atoms with E-state index < -0.39 is 0 Å². The molecular weight excluding hydrogens is 216 g/mol. The van der Waals surface area contributed by atoms with Crippen LogP contribution in [0.25, 0.3) is 0 Å². The molecule has 0 aliphatic carbocycles. The lowest BCUT2D eigenvalue weighted by Gasteiger charge is -2.03. The molecule has 1 aromatic heterocycles. The molecule has 1 heterocycles. The molecule has 0 saturated heterocycles. The summed E-state index contributed by atoms with van der Waals surface area (Å²) in [5, 5.41) is 3.10. The Labute approximate surface area is 90.9 Å². The van der Waals surface area contributed by atoms with Gasteiger partial charge < -0.3 is 9.73 Å². The lowest BCUT2D eigenvalue weighted by molar-refractivity contribution is 0.102. The number of oxazole rings is 1. The summed E-state index contributed by atoms with van der Waals surface area (Å²) in [6, 6.07) is 6.97. The number of halogens is 1. The number of anilines is 1. The number of hydrogen-bond donors (Lipinski definition) is 1. The average molecular weight is 223 g/mol. The van der Waals surface area contributed by atoms with Crippen molar-refractivity contribution in [1.82, 2.24) is 4.98 Å². The van der Waals surface area contributed by atoms with Crippen LogP contribution in [0.1, 0.15) is 10.5 Å². The summed E-state index contributed by atoms with van der Waals surface area (Å²) in [4.78, 5) is 15.3. The number of nitrogens with one attached hydrogen (secondary N) is 1. The quantitative estimate of drug-likeness (QED) is 0.850. The molecule has 0 spiro atoms. The van der Waals surface area contributed by atoms with Crippen molar-refractivity contribution >= 4 is 23.2 Å². The molecular formula is C10H7ClN2O2. The van der Waals surface area contributed by atoms with Crippen LogP contribution in [0, 0.1) is 0 Å². The van der Waals surface area contributed by atoms with Crippen molar-refractivity contribution in [3.05, 3.63) is 47.6 Å². The molecule has 2 rings (SSSR count). The number of para-hydroxylation sites is 1. The molecule has 1 N–H and O–H groups in total. The van der Waals surface area contributed by atoms with Gasteiger partial charge in [-0.25, -0.2) is 4.98 Å². The minimum Gasteiger partial charge on any atom is -0.451 e. The van der Waals surface area contributed by atoms with Gasteiger partial charge in [0.15, 0.2) is 12.1 Å². The second kappa shape index (κ2) is 4.14. The zero-order valence-corrected chi connectivity index (χ0v) is 8.36. The number of hydrogen-bond acceptors (Lipinski definition) is 3. The van der Waals surface area contributed by atoms with Crippen LogP contribution in [0.3, 0.4) is 0 Å². The van der Waals surface area contributed by atoms with Crippen LogP contribution < -0.4 is 5.32 Å². The van der Waals surface area contributed by atoms with E-state index in [-0.39, 0.29) is 11.6 Å². The van der Waals surface area contributed by atoms with Gasteiger partial charge >= 0.3 is 0 Å². The highest BCUT2D eigenvalue weighted by molar-refractivity contribution is 6.33. The summed E-state index contributed by atoms with van der Waals surface area (Å²) in [7, 11) is 0. The van der Waals surface area contributed by atoms with Crippen molar-refractivity contribution in [2.24, 2.45) is 0 Å². The van der Waals surface area contributed by atoms with Gasteiger partial charge in [-0.05, 0) is 12.1 Å². The van der Waals surface area contributed by atoms with E-state index in [1.54, 1.807) is 24.3 Å². The van der Waals surface area contributed by atoms with Crippen molar-refractivity contribution in [2.45, 2.75) is 0 Å². The van der Waals surface area contributed by atoms with Crippen LogP contribution >= 0.6 is 11.6 Å². The molecule has 4 nitrogen and oxygen atoms in total. The van der Waals surface area contributed by atoms with Gasteiger partial charge in [0.1, 0.15) is 6.26 Å². The summed E-state index contributed by atoms with van der Waals surface area (Å²) in [5.74, 6) is -0.350. The van der Waals surface area contributed by atoms with E-state index in [2.05, 4.69) is 10.3 Å². The van der Waals surface area contributed by atoms with Crippen LogP contribution in [0.4, 0.5) is 5.69 Å². The van der Waals surface area contributed by atoms with Crippen molar-refractivity contribution in [3.63, 3.8) is 0 Å². The molecule has 5 heteroatoms. The van der Waals surface area contributed by atoms with Gasteiger partial charge in [-0.1, -0.05) is 23.7 Å². The van der Waals surface area contributed by atoms with Gasteiger partial charge in [0.25, 0.3) is 5.91 Å². The zero-order valence-electron chi connectivity index (χ0n) is 7.61. The summed E-state index contributed by atoms with van der Waals surface area (Å²) >= 11 is 5.87. The maximum atomic E-state index is 11.5. The van der Waals surface area contributed by atoms with Crippen molar-refractivity contribution in [2.75, 3.05) is 5.32 Å². The minimum absolute atomic E-state index is 0.218. The summed E-state index contributed by atoms with van der Waals surface area (Å²) in [6.07, 6.45) is 2.47. The summed E-state index contributed by atoms with van der Waals surface area (Å²) in [5.41, 5.74) is 0.766. The largest absolute Gasteiger partial charge is 0.451 e. The van der Waals surface area contributed by atoms with Crippen LogP contribution in [0.5, 0.6) is 0 Å². The van der Waals surface area contributed by atoms with E-state index in [1.165, 1.54) is 12.7 Å². The summed E-state index contributed by atoms with van der Waals surface area (Å²) in [6.45, 7) is 0. The van der Waals surface area contributed by atoms with Crippen molar-refractivity contribution < 1.29 is 9.21 Å². The van der Waals surface area contributed by atoms with Gasteiger partial charge in [0.2, 0.25) is 0 Å². The standard InChI is InChI=1S/C10H7ClN2O2/c11-7-3-1-2-4-8(7)13-10(14)9-5-15-6-12-9/h1-6H,(H,13,14). The van der Waals surface area contributed by atoms with Crippen LogP contribution in [0.15, 0.2) is 41.3 Å². The first-order chi connectivity index (χ1) is 7.27. The number of amides is 1. The molecule has 1 amide bonds. The van der Waals surface area contributed by atoms with Gasteiger partial charge in [-0.15, -0.1) is 0 Å². The van der Waals surface area contributed by atoms with Gasteiger partial charge in [0, 0.05) is 0 Å². The highest BCUT2D eigenvalue weighted by atomic mass is 35.5. The highest BCUT2D eigenvalue weighted by Gasteiger charge is 2.09. The number of rotatable bonds is 2. The Balaban J connectivity index is 2.17. The number of carbonyl (C=O) groups is 1. The topological polar surface area (TPSA) is 55.1 Å². The minimum atomic E-state index is -0.350. The normalized spacial score (nSPS) is 9.93. The fourth-order valence-corrected chi connectivity index (χ4v) is 1.26. The van der Waals surface area contributed by atoms with Gasteiger partial charge in [-0.3, -0.25) is 4.79 Å². The lowest BCUT2D eigenvalue weighted by Crippen LogP contribution is -2.12. The van der Waals surface area contributed by atoms with Gasteiger partial charge in [0.05, 0.1) is 10.7 Å². The third-order valence-corrected chi connectivity index (χ3v) is 2.12. The fraction of sp³-hybridized carbons (Fsp3) is 0. The first-order valence-corrected chi connectivity index (χ1v) is 4.59. The van der Waals surface area contributed by atoms with Crippen molar-refractivity contribution in [1.29, 1.82) is 0 Å². The molecule has 15 heavy (non-hydrogen) atoms. The number of aromatic nitrogens is 1. The predicted molar refractivity (Wildman–Crippen MR) is 55.9 cm³/mol. The second-order valence-corrected chi connectivity index (χ2v) is 3.21. The van der Waals surface area contributed by atoms with Crippen LogP contribution in [-0.4, -0.2) is 10.9 Å². The first kappa shape index (κ1) is 9.73. The molecule has 0 aliphatic heterocycles. The number of carbonyl (C=O) groups excluding carboxylic acids is 1. The SMILES string of the molecule is O=C(Nc1ccccc1Cl)c1cocn1. The highest BCUT2D eigenvalue weighted by Crippen LogP contribution is 2.20. The number of nitrogens with zero attached hydrogens (tertiary/aromatic N) is 1. The van der Waals surface area contributed by atoms with Crippen molar-refractivity contribution in [3.8, 4) is 0 Å². The molecule has 0 atom stereocenters. The zero-order chi connectivity index (χ0) is 10.7. The van der Waals surface area contributed by atoms with Gasteiger partial charge in [-0.2, -0.15) is 0 Å². The Bertz CT molecular complexity index is 468. The van der Waals surface area contributed by atoms with Crippen LogP contribution in [0.2, 0.25) is 5.02 Å². The Morgan fingerprint density at radius 1 is 1.40 bits per heavy atom. The average Bonchev–Trinajstić information content (AvgIpc) is 2.74. The molecule has 0 unspecified atom stereocenters. The lowest BCUT2D eigenvalue weighted by atomic mass is 10.3. The second-order valence-electron chi connectivity index (χ2n) is 2.81. The molecule has 0 bridgehead atoms. The van der Waals surface area contributed by atoms with Crippen LogP contribution in [-0.2, 0) is 0 Å². The van der Waals surface area contributed by atoms with E-state index in [0.717, 1.165) is 0 Å². The number of benzene rings is 1. The maximum absolute atomic E-state index is 11.5. The molecule has 0 aliphatic rings.